The standard InChI is InChI=1S/C19H13O.C8H8S.2ClH.Zr/c1-2-6-14(7-3-1)18-10-11-19(20-18)17-12-15-8-4-5-9-16(15)13-17;1-6-5-7-3-2-4-8(7)9-6;;;/h1-13H;2-5,7H,1H3;2*1H;/q-1;;;;+3/p-2. The maximum Gasteiger partial charge on any atom is 3.00 e. The molecular weight excluding hydrogens is 534 g/mol. The molecule has 159 valence electrons. The van der Waals surface area contributed by atoms with E-state index in [2.05, 4.69) is 79.8 Å². The predicted octanol–water partition coefficient (Wildman–Crippen LogP) is 2.20. The van der Waals surface area contributed by atoms with Gasteiger partial charge >= 0.3 is 26.2 Å². The third-order valence-electron chi connectivity index (χ3n) is 5.17. The summed E-state index contributed by atoms with van der Waals surface area (Å²) in [6.07, 6.45) is 8.87. The number of halogens is 2. The molecule has 2 aliphatic rings. The van der Waals surface area contributed by atoms with Crippen molar-refractivity contribution in [3.8, 4) is 22.6 Å². The fourth-order valence-electron chi connectivity index (χ4n) is 3.73. The van der Waals surface area contributed by atoms with E-state index in [9.17, 15) is 0 Å². The molecule has 1 aliphatic heterocycles. The molecule has 6 rings (SSSR count). The summed E-state index contributed by atoms with van der Waals surface area (Å²) in [6, 6.07) is 27.0. The van der Waals surface area contributed by atoms with E-state index in [0.29, 0.717) is 5.92 Å². The fourth-order valence-corrected chi connectivity index (χ4v) is 4.75. The Balaban J connectivity index is 0.000000259. The Morgan fingerprint density at radius 1 is 0.875 bits per heavy atom. The summed E-state index contributed by atoms with van der Waals surface area (Å²) in [7, 11) is 0. The molecule has 1 aliphatic carbocycles. The van der Waals surface area contributed by atoms with E-state index in [1.54, 1.807) is 0 Å². The monoisotopic (exact) mass is 553 g/mol. The zero-order valence-electron chi connectivity index (χ0n) is 17.5. The maximum absolute atomic E-state index is 5.99. The second kappa shape index (κ2) is 12.0. The van der Waals surface area contributed by atoms with Gasteiger partial charge in [-0.3, -0.25) is 0 Å². The Morgan fingerprint density at radius 2 is 1.59 bits per heavy atom. The maximum atomic E-state index is 5.99. The Morgan fingerprint density at radius 3 is 2.34 bits per heavy atom. The molecule has 1 nitrogen and oxygen atoms in total. The third-order valence-corrected chi connectivity index (χ3v) is 6.27. The summed E-state index contributed by atoms with van der Waals surface area (Å²) in [5.74, 6) is 2.46. The Bertz CT molecular complexity index is 1220. The first-order valence-corrected chi connectivity index (χ1v) is 10.6. The van der Waals surface area contributed by atoms with Gasteiger partial charge in [0.1, 0.15) is 5.76 Å². The van der Waals surface area contributed by atoms with Crippen LogP contribution in [0.15, 0.2) is 117 Å². The molecule has 0 saturated heterocycles. The van der Waals surface area contributed by atoms with Gasteiger partial charge in [-0.25, -0.2) is 0 Å². The average Bonchev–Trinajstić information content (AvgIpc) is 3.51. The second-order valence-corrected chi connectivity index (χ2v) is 8.58. The molecule has 0 saturated carbocycles. The van der Waals surface area contributed by atoms with E-state index in [-0.39, 0.29) is 51.0 Å². The van der Waals surface area contributed by atoms with Crippen molar-refractivity contribution < 1.29 is 55.4 Å². The minimum absolute atomic E-state index is 0. The Hall–Kier alpha value is -1.64. The first kappa shape index (κ1) is 26.6. The molecule has 0 fully saturated rings. The zero-order chi connectivity index (χ0) is 19.6. The van der Waals surface area contributed by atoms with Gasteiger partial charge in [0.25, 0.3) is 0 Å². The van der Waals surface area contributed by atoms with E-state index in [4.69, 9.17) is 4.42 Å². The van der Waals surface area contributed by atoms with Crippen LogP contribution in [-0.4, -0.2) is 0 Å². The smallest absolute Gasteiger partial charge is 1.00 e. The van der Waals surface area contributed by atoms with Gasteiger partial charge < -0.3 is 29.2 Å². The van der Waals surface area contributed by atoms with Crippen LogP contribution >= 0.6 is 11.8 Å². The summed E-state index contributed by atoms with van der Waals surface area (Å²) in [5.41, 5.74) is 2.24. The summed E-state index contributed by atoms with van der Waals surface area (Å²) in [6.45, 7) is 2.16. The number of thioether (sulfide) groups is 1. The SMILES string of the molecule is CC1=CC2C=CC=C2S1.[Cl-].[Cl-].[Zr+3].c1ccc(-c2ccc(-c3cc4ccccc4[cH-]3)o2)cc1. The van der Waals surface area contributed by atoms with Gasteiger partial charge in [0.05, 0.1) is 5.76 Å². The summed E-state index contributed by atoms with van der Waals surface area (Å²) >= 11 is 1.90. The first-order chi connectivity index (χ1) is 14.3. The van der Waals surface area contributed by atoms with Crippen LogP contribution in [0.5, 0.6) is 0 Å². The minimum Gasteiger partial charge on any atom is -1.00 e. The molecule has 0 N–H and O–H groups in total. The van der Waals surface area contributed by atoms with E-state index in [0.717, 1.165) is 22.6 Å². The molecule has 1 unspecified atom stereocenters. The molecule has 3 aromatic carbocycles. The second-order valence-electron chi connectivity index (χ2n) is 7.26. The van der Waals surface area contributed by atoms with Crippen molar-refractivity contribution in [3.05, 3.63) is 113 Å². The van der Waals surface area contributed by atoms with Crippen LogP contribution in [0.2, 0.25) is 0 Å². The van der Waals surface area contributed by atoms with Gasteiger partial charge in [0.2, 0.25) is 0 Å². The van der Waals surface area contributed by atoms with Gasteiger partial charge in [0, 0.05) is 16.4 Å². The molecule has 2 heterocycles. The number of allylic oxidation sites excluding steroid dienone is 6. The topological polar surface area (TPSA) is 13.1 Å². The molecule has 4 aromatic rings. The molecule has 32 heavy (non-hydrogen) atoms. The van der Waals surface area contributed by atoms with E-state index in [1.165, 1.54) is 20.6 Å². The largest absolute Gasteiger partial charge is 3.00 e. The Kier molecular flexibility index (Phi) is 9.98. The number of benzene rings is 2. The fraction of sp³-hybridized carbons (Fsp3) is 0.0741. The summed E-state index contributed by atoms with van der Waals surface area (Å²) < 4.78 is 5.99. The number of furan rings is 1. The minimum atomic E-state index is 0. The van der Waals surface area contributed by atoms with Crippen molar-refractivity contribution in [2.75, 3.05) is 0 Å². The van der Waals surface area contributed by atoms with Crippen LogP contribution in [0.3, 0.4) is 0 Å². The van der Waals surface area contributed by atoms with Crippen LogP contribution in [-0.2, 0) is 26.2 Å². The van der Waals surface area contributed by atoms with Crippen LogP contribution in [0.25, 0.3) is 33.4 Å². The molecule has 0 bridgehead atoms. The molecule has 5 heteroatoms. The zero-order valence-corrected chi connectivity index (χ0v) is 22.3. The number of hydrogen-bond donors (Lipinski definition) is 0. The summed E-state index contributed by atoms with van der Waals surface area (Å²) in [5, 5.41) is 2.50. The van der Waals surface area contributed by atoms with Crippen LogP contribution in [0, 0.1) is 5.92 Å². The molecular formula is C27H21Cl2OSZr. The van der Waals surface area contributed by atoms with Gasteiger partial charge in [-0.05, 0) is 24.0 Å². The van der Waals surface area contributed by atoms with Crippen LogP contribution < -0.4 is 24.8 Å². The van der Waals surface area contributed by atoms with Crippen LogP contribution in [0.4, 0.5) is 0 Å². The van der Waals surface area contributed by atoms with Crippen molar-refractivity contribution in [2.24, 2.45) is 5.92 Å². The number of fused-ring (bicyclic) bond motifs is 2. The van der Waals surface area contributed by atoms with Gasteiger partial charge in [-0.2, -0.15) is 0 Å². The van der Waals surface area contributed by atoms with E-state index < -0.39 is 0 Å². The van der Waals surface area contributed by atoms with Crippen molar-refractivity contribution in [2.45, 2.75) is 6.92 Å². The van der Waals surface area contributed by atoms with Gasteiger partial charge in [-0.1, -0.05) is 90.2 Å². The van der Waals surface area contributed by atoms with Crippen LogP contribution in [0.1, 0.15) is 6.92 Å². The van der Waals surface area contributed by atoms with Crippen molar-refractivity contribution in [1.82, 2.24) is 0 Å². The third kappa shape index (κ3) is 5.83. The van der Waals surface area contributed by atoms with Crippen molar-refractivity contribution >= 4 is 22.5 Å². The van der Waals surface area contributed by atoms with E-state index >= 15 is 0 Å². The molecule has 1 atom stereocenters. The predicted molar refractivity (Wildman–Crippen MR) is 125 cm³/mol. The molecule has 1 aromatic heterocycles. The number of rotatable bonds is 2. The van der Waals surface area contributed by atoms with Gasteiger partial charge in [-0.15, -0.1) is 29.0 Å². The molecule has 1 radical (unpaired) electrons. The van der Waals surface area contributed by atoms with E-state index in [1.807, 2.05) is 42.1 Å². The quantitative estimate of drug-likeness (QED) is 0.352. The average molecular weight is 556 g/mol. The number of hydrogen-bond acceptors (Lipinski definition) is 2. The molecule has 0 amide bonds. The van der Waals surface area contributed by atoms with Crippen molar-refractivity contribution in [3.63, 3.8) is 0 Å². The van der Waals surface area contributed by atoms with Gasteiger partial charge in [0.15, 0.2) is 0 Å². The summed E-state index contributed by atoms with van der Waals surface area (Å²) in [4.78, 5) is 2.93. The molecule has 0 spiro atoms. The Labute approximate surface area is 225 Å². The first-order valence-electron chi connectivity index (χ1n) is 9.82. The normalized spacial score (nSPS) is 15.3. The van der Waals surface area contributed by atoms with Crippen molar-refractivity contribution in [1.29, 1.82) is 0 Å².